The molecule has 0 saturated heterocycles. The summed E-state index contributed by atoms with van der Waals surface area (Å²) in [6.07, 6.45) is 1.43. The fourth-order valence-electron chi connectivity index (χ4n) is 0.775. The van der Waals surface area contributed by atoms with Crippen LogP contribution in [0.2, 0.25) is 0 Å². The van der Waals surface area contributed by atoms with Gasteiger partial charge in [0.1, 0.15) is 11.8 Å². The third-order valence-corrected chi connectivity index (χ3v) is 1.22. The van der Waals surface area contributed by atoms with Gasteiger partial charge >= 0.3 is 0 Å². The second-order valence-electron chi connectivity index (χ2n) is 1.86. The Morgan fingerprint density at radius 2 is 2.40 bits per heavy atom. The van der Waals surface area contributed by atoms with Crippen molar-refractivity contribution in [3.8, 4) is 0 Å². The van der Waals surface area contributed by atoms with Gasteiger partial charge < -0.3 is 0 Å². The molecule has 3 nitrogen and oxygen atoms in total. The minimum atomic E-state index is 0.713. The van der Waals surface area contributed by atoms with Gasteiger partial charge in [0.25, 0.3) is 0 Å². The number of rotatable bonds is 0. The van der Waals surface area contributed by atoms with Crippen LogP contribution >= 0.6 is 0 Å². The summed E-state index contributed by atoms with van der Waals surface area (Å²) in [5.74, 6) is 0. The van der Waals surface area contributed by atoms with Crippen LogP contribution in [0.15, 0.2) is 24.5 Å². The van der Waals surface area contributed by atoms with E-state index in [-0.39, 0.29) is 0 Å². The summed E-state index contributed by atoms with van der Waals surface area (Å²) in [5.41, 5.74) is 1.54. The Morgan fingerprint density at radius 1 is 1.40 bits per heavy atom. The Balaban J connectivity index is 2.89. The van der Waals surface area contributed by atoms with Crippen molar-refractivity contribution in [2.45, 2.75) is 0 Å². The molecule has 47 valence electrons. The second-order valence-corrected chi connectivity index (χ2v) is 1.86. The maximum absolute atomic E-state index is 3.98. The molecule has 0 unspecified atom stereocenters. The Labute approximate surface area is 57.7 Å². The highest BCUT2D eigenvalue weighted by molar-refractivity contribution is 5.71. The van der Waals surface area contributed by atoms with E-state index in [0.29, 0.717) is 5.52 Å². The number of fused-ring (bicyclic) bond motifs is 1. The number of nitrogens with zero attached hydrogens (tertiary/aromatic N) is 3. The zero-order valence-corrected chi connectivity index (χ0v) is 5.15. The van der Waals surface area contributed by atoms with Gasteiger partial charge in [-0.05, 0) is 6.07 Å². The zero-order valence-electron chi connectivity index (χ0n) is 5.15. The molecular formula is C7H4N3. The summed E-state index contributed by atoms with van der Waals surface area (Å²) in [7, 11) is 0. The lowest BCUT2D eigenvalue weighted by Crippen LogP contribution is -1.84. The van der Waals surface area contributed by atoms with Crippen molar-refractivity contribution in [3.63, 3.8) is 0 Å². The van der Waals surface area contributed by atoms with Gasteiger partial charge in [-0.3, -0.25) is 0 Å². The molecule has 10 heavy (non-hydrogen) atoms. The summed E-state index contributed by atoms with van der Waals surface area (Å²) >= 11 is 0. The van der Waals surface area contributed by atoms with Crippen LogP contribution < -0.4 is 0 Å². The highest BCUT2D eigenvalue weighted by atomic mass is 15.1. The average Bonchev–Trinajstić information content (AvgIpc) is 2.05. The molecule has 1 radical (unpaired) electrons. The quantitative estimate of drug-likeness (QED) is 0.530. The van der Waals surface area contributed by atoms with Crippen molar-refractivity contribution in [2.75, 3.05) is 0 Å². The molecule has 0 aliphatic heterocycles. The van der Waals surface area contributed by atoms with Crippen molar-refractivity contribution in [2.24, 2.45) is 0 Å². The molecule has 0 aliphatic rings. The van der Waals surface area contributed by atoms with Crippen LogP contribution in [0.4, 0.5) is 0 Å². The van der Waals surface area contributed by atoms with E-state index in [1.165, 1.54) is 6.33 Å². The molecule has 0 aliphatic carbocycles. The van der Waals surface area contributed by atoms with Crippen molar-refractivity contribution in [1.82, 2.24) is 15.2 Å². The van der Waals surface area contributed by atoms with Crippen LogP contribution in [0.5, 0.6) is 0 Å². The van der Waals surface area contributed by atoms with Gasteiger partial charge in [0.2, 0.25) is 0 Å². The summed E-state index contributed by atoms with van der Waals surface area (Å²) in [5, 5.41) is 7.43. The van der Waals surface area contributed by atoms with E-state index in [2.05, 4.69) is 21.2 Å². The lowest BCUT2D eigenvalue weighted by Gasteiger charge is -1.88. The van der Waals surface area contributed by atoms with E-state index in [1.807, 2.05) is 12.1 Å². The van der Waals surface area contributed by atoms with Gasteiger partial charge in [-0.15, -0.1) is 10.2 Å². The molecule has 1 aromatic carbocycles. The highest BCUT2D eigenvalue weighted by Crippen LogP contribution is 2.02. The number of hydrogen-bond acceptors (Lipinski definition) is 3. The van der Waals surface area contributed by atoms with Crippen LogP contribution in [0.1, 0.15) is 0 Å². The lowest BCUT2D eigenvalue weighted by molar-refractivity contribution is 1.02. The van der Waals surface area contributed by atoms with Crippen molar-refractivity contribution in [3.05, 3.63) is 30.6 Å². The van der Waals surface area contributed by atoms with E-state index in [4.69, 9.17) is 0 Å². The highest BCUT2D eigenvalue weighted by Gasteiger charge is 1.90. The first-order chi connectivity index (χ1) is 4.97. The fourth-order valence-corrected chi connectivity index (χ4v) is 0.775. The summed E-state index contributed by atoms with van der Waals surface area (Å²) < 4.78 is 0. The molecule has 0 spiro atoms. The lowest BCUT2D eigenvalue weighted by atomic mass is 10.3. The smallest absolute Gasteiger partial charge is 0.138 e. The monoisotopic (exact) mass is 130 g/mol. The topological polar surface area (TPSA) is 38.7 Å². The van der Waals surface area contributed by atoms with E-state index in [9.17, 15) is 0 Å². The molecule has 0 atom stereocenters. The van der Waals surface area contributed by atoms with Crippen LogP contribution in [0.3, 0.4) is 0 Å². The van der Waals surface area contributed by atoms with Crippen LogP contribution in [0.25, 0.3) is 11.0 Å². The maximum Gasteiger partial charge on any atom is 0.138 e. The Kier molecular flexibility index (Phi) is 1.07. The van der Waals surface area contributed by atoms with E-state index in [0.717, 1.165) is 5.52 Å². The van der Waals surface area contributed by atoms with Gasteiger partial charge in [-0.2, -0.15) is 0 Å². The Morgan fingerprint density at radius 3 is 3.30 bits per heavy atom. The third kappa shape index (κ3) is 0.719. The molecular weight excluding hydrogens is 126 g/mol. The molecule has 1 heterocycles. The minimum Gasteiger partial charge on any atom is -0.233 e. The maximum atomic E-state index is 3.98. The van der Waals surface area contributed by atoms with Crippen molar-refractivity contribution >= 4 is 11.0 Å². The molecule has 0 N–H and O–H groups in total. The van der Waals surface area contributed by atoms with E-state index >= 15 is 0 Å². The van der Waals surface area contributed by atoms with Gasteiger partial charge in [-0.1, -0.05) is 12.1 Å². The van der Waals surface area contributed by atoms with Crippen molar-refractivity contribution in [1.29, 1.82) is 0 Å². The Bertz CT molecular complexity index is 280. The molecule has 2 aromatic rings. The summed E-state index contributed by atoms with van der Waals surface area (Å²) in [6.45, 7) is 0. The molecule has 3 heteroatoms. The summed E-state index contributed by atoms with van der Waals surface area (Å²) in [6, 6.07) is 8.45. The van der Waals surface area contributed by atoms with Crippen LogP contribution in [-0.2, 0) is 0 Å². The fraction of sp³-hybridized carbons (Fsp3) is 0. The summed E-state index contributed by atoms with van der Waals surface area (Å²) in [4.78, 5) is 3.98. The number of benzene rings is 1. The standard InChI is InChI=1S/C7H4N3/c1-2-4-7-6(3-1)8-5-9-10-7/h1-3,5H. The van der Waals surface area contributed by atoms with Gasteiger partial charge in [0.15, 0.2) is 0 Å². The normalized spacial score (nSPS) is 10.0. The third-order valence-electron chi connectivity index (χ3n) is 1.22. The number of hydrogen-bond donors (Lipinski definition) is 0. The molecule has 0 bridgehead atoms. The van der Waals surface area contributed by atoms with Crippen LogP contribution in [0, 0.1) is 6.07 Å². The molecule has 0 saturated carbocycles. The predicted molar refractivity (Wildman–Crippen MR) is 36.2 cm³/mol. The molecule has 0 fully saturated rings. The first-order valence-electron chi connectivity index (χ1n) is 2.91. The first kappa shape index (κ1) is 5.29. The van der Waals surface area contributed by atoms with E-state index in [1.54, 1.807) is 6.07 Å². The largest absolute Gasteiger partial charge is 0.233 e. The van der Waals surface area contributed by atoms with Gasteiger partial charge in [0, 0.05) is 6.07 Å². The average molecular weight is 130 g/mol. The SMILES string of the molecule is [c]1cccc2ncnnc12. The van der Waals surface area contributed by atoms with Gasteiger partial charge in [0.05, 0.1) is 5.52 Å². The van der Waals surface area contributed by atoms with Gasteiger partial charge in [-0.25, -0.2) is 4.98 Å². The first-order valence-corrected chi connectivity index (χ1v) is 2.91. The molecule has 0 amide bonds. The minimum absolute atomic E-state index is 0.713. The predicted octanol–water partition coefficient (Wildman–Crippen LogP) is 0.825. The second kappa shape index (κ2) is 2.02. The molecule has 1 aromatic heterocycles. The number of aromatic nitrogens is 3. The van der Waals surface area contributed by atoms with Crippen molar-refractivity contribution < 1.29 is 0 Å². The molecule has 2 rings (SSSR count). The van der Waals surface area contributed by atoms with Crippen LogP contribution in [-0.4, -0.2) is 15.2 Å². The van der Waals surface area contributed by atoms with E-state index < -0.39 is 0 Å². The Hall–Kier alpha value is -1.51. The zero-order chi connectivity index (χ0) is 6.81.